The van der Waals surface area contributed by atoms with Crippen molar-refractivity contribution in [1.29, 1.82) is 0 Å². The van der Waals surface area contributed by atoms with Crippen molar-refractivity contribution in [1.82, 2.24) is 0 Å². The molecular weight excluding hydrogens is 288 g/mol. The third-order valence-electron chi connectivity index (χ3n) is 3.26. The fourth-order valence-electron chi connectivity index (χ4n) is 2.15. The molecular formula is C14H14N4O4. The molecule has 0 radical (unpaired) electrons. The van der Waals surface area contributed by atoms with Crippen LogP contribution in [0, 0.1) is 20.2 Å². The Morgan fingerprint density at radius 3 is 1.41 bits per heavy atom. The maximum atomic E-state index is 11.1. The van der Waals surface area contributed by atoms with E-state index in [9.17, 15) is 20.2 Å². The van der Waals surface area contributed by atoms with Gasteiger partial charge in [0.25, 0.3) is 11.4 Å². The van der Waals surface area contributed by atoms with Crippen molar-refractivity contribution < 1.29 is 9.85 Å². The van der Waals surface area contributed by atoms with E-state index >= 15 is 0 Å². The summed E-state index contributed by atoms with van der Waals surface area (Å²) in [5, 5.41) is 27.7. The number of nitro groups is 2. The molecule has 2 rings (SSSR count). The number of nitrogens with zero attached hydrogens (tertiary/aromatic N) is 2. The topological polar surface area (TPSA) is 110 Å². The van der Waals surface area contributed by atoms with Crippen LogP contribution in [0.5, 0.6) is 0 Å². The van der Waals surface area contributed by atoms with Gasteiger partial charge in [0.2, 0.25) is 0 Å². The Morgan fingerprint density at radius 1 is 0.773 bits per heavy atom. The smallest absolute Gasteiger partial charge is 0.292 e. The summed E-state index contributed by atoms with van der Waals surface area (Å²) in [7, 11) is 3.18. The Balaban J connectivity index is 2.57. The molecule has 22 heavy (non-hydrogen) atoms. The minimum absolute atomic E-state index is 0.0830. The average Bonchev–Trinajstić information content (AvgIpc) is 2.53. The highest BCUT2D eigenvalue weighted by molar-refractivity contribution is 5.77. The van der Waals surface area contributed by atoms with E-state index in [0.717, 1.165) is 0 Å². The van der Waals surface area contributed by atoms with Crippen molar-refractivity contribution in [2.75, 3.05) is 24.7 Å². The number of rotatable bonds is 5. The summed E-state index contributed by atoms with van der Waals surface area (Å²) in [6.07, 6.45) is 0. The van der Waals surface area contributed by atoms with Crippen molar-refractivity contribution in [2.24, 2.45) is 0 Å². The van der Waals surface area contributed by atoms with E-state index < -0.39 is 9.85 Å². The quantitative estimate of drug-likeness (QED) is 0.648. The largest absolute Gasteiger partial charge is 0.383 e. The Kier molecular flexibility index (Phi) is 4.21. The number of nitrogens with one attached hydrogen (secondary N) is 2. The summed E-state index contributed by atoms with van der Waals surface area (Å²) in [6, 6.07) is 9.29. The lowest BCUT2D eigenvalue weighted by molar-refractivity contribution is -0.384. The highest BCUT2D eigenvalue weighted by atomic mass is 16.6. The Hall–Kier alpha value is -3.16. The van der Waals surface area contributed by atoms with E-state index in [-0.39, 0.29) is 11.4 Å². The van der Waals surface area contributed by atoms with Gasteiger partial charge in [0.15, 0.2) is 0 Å². The standard InChI is InChI=1S/C14H14N4O4/c1-15-11-5-3-9(7-13(11)17(19)20)10-4-6-12(16-2)14(8-10)18(21)22/h3-8,15-16H,1-2H3. The van der Waals surface area contributed by atoms with Crippen LogP contribution in [0.25, 0.3) is 11.1 Å². The minimum atomic E-state index is -0.494. The van der Waals surface area contributed by atoms with Gasteiger partial charge in [-0.05, 0) is 23.3 Å². The van der Waals surface area contributed by atoms with Crippen LogP contribution in [-0.2, 0) is 0 Å². The molecule has 2 aromatic rings. The molecule has 0 atom stereocenters. The summed E-state index contributed by atoms with van der Waals surface area (Å²) in [5.41, 5.74) is 1.68. The molecule has 0 aliphatic heterocycles. The number of nitro benzene ring substituents is 2. The molecule has 0 fully saturated rings. The first-order chi connectivity index (χ1) is 10.5. The van der Waals surface area contributed by atoms with Crippen LogP contribution in [0.2, 0.25) is 0 Å². The Labute approximate surface area is 126 Å². The lowest BCUT2D eigenvalue weighted by atomic mass is 10.0. The average molecular weight is 302 g/mol. The summed E-state index contributed by atoms with van der Waals surface area (Å²) in [5.74, 6) is 0. The van der Waals surface area contributed by atoms with Gasteiger partial charge in [0.1, 0.15) is 11.4 Å². The third-order valence-corrected chi connectivity index (χ3v) is 3.26. The van der Waals surface area contributed by atoms with Gasteiger partial charge in [0.05, 0.1) is 9.85 Å². The first-order valence-electron chi connectivity index (χ1n) is 6.40. The van der Waals surface area contributed by atoms with E-state index in [1.807, 2.05) is 0 Å². The second kappa shape index (κ2) is 6.08. The monoisotopic (exact) mass is 302 g/mol. The van der Waals surface area contributed by atoms with Crippen LogP contribution in [-0.4, -0.2) is 23.9 Å². The first-order valence-corrected chi connectivity index (χ1v) is 6.40. The highest BCUT2D eigenvalue weighted by Gasteiger charge is 2.17. The van der Waals surface area contributed by atoms with Gasteiger partial charge in [-0.3, -0.25) is 20.2 Å². The van der Waals surface area contributed by atoms with Crippen LogP contribution in [0.15, 0.2) is 36.4 Å². The number of hydrogen-bond acceptors (Lipinski definition) is 6. The van der Waals surface area contributed by atoms with E-state index in [2.05, 4.69) is 10.6 Å². The van der Waals surface area contributed by atoms with Crippen LogP contribution >= 0.6 is 0 Å². The SMILES string of the molecule is CNc1ccc(-c2ccc(NC)c([N+](=O)[O-])c2)cc1[N+](=O)[O-]. The first kappa shape index (κ1) is 15.2. The molecule has 8 heteroatoms. The van der Waals surface area contributed by atoms with Crippen molar-refractivity contribution in [3.63, 3.8) is 0 Å². The van der Waals surface area contributed by atoms with E-state index in [1.165, 1.54) is 12.1 Å². The lowest BCUT2D eigenvalue weighted by Crippen LogP contribution is -1.98. The van der Waals surface area contributed by atoms with Crippen LogP contribution in [0.4, 0.5) is 22.7 Å². The van der Waals surface area contributed by atoms with Crippen molar-refractivity contribution in [2.45, 2.75) is 0 Å². The molecule has 0 saturated carbocycles. The fourth-order valence-corrected chi connectivity index (χ4v) is 2.15. The molecule has 0 heterocycles. The van der Waals surface area contributed by atoms with Gasteiger partial charge in [0, 0.05) is 26.2 Å². The maximum absolute atomic E-state index is 11.1. The maximum Gasteiger partial charge on any atom is 0.292 e. The van der Waals surface area contributed by atoms with E-state index in [4.69, 9.17) is 0 Å². The van der Waals surface area contributed by atoms with Crippen molar-refractivity contribution in [3.8, 4) is 11.1 Å². The van der Waals surface area contributed by atoms with Crippen LogP contribution in [0.1, 0.15) is 0 Å². The summed E-state index contributed by atoms with van der Waals surface area (Å²) in [6.45, 7) is 0. The van der Waals surface area contributed by atoms with E-state index in [0.29, 0.717) is 22.5 Å². The second-order valence-electron chi connectivity index (χ2n) is 4.48. The Morgan fingerprint density at radius 2 is 1.14 bits per heavy atom. The number of anilines is 2. The molecule has 114 valence electrons. The zero-order valence-corrected chi connectivity index (χ0v) is 12.0. The molecule has 0 amide bonds. The molecule has 2 aromatic carbocycles. The number of benzene rings is 2. The van der Waals surface area contributed by atoms with Gasteiger partial charge in [-0.15, -0.1) is 0 Å². The number of hydrogen-bond donors (Lipinski definition) is 2. The Bertz CT molecular complexity index is 682. The minimum Gasteiger partial charge on any atom is -0.383 e. The molecule has 0 unspecified atom stereocenters. The molecule has 0 saturated heterocycles. The second-order valence-corrected chi connectivity index (χ2v) is 4.48. The molecule has 2 N–H and O–H groups in total. The predicted octanol–water partition coefficient (Wildman–Crippen LogP) is 3.25. The molecule has 0 aliphatic rings. The van der Waals surface area contributed by atoms with Gasteiger partial charge in [-0.25, -0.2) is 0 Å². The summed E-state index contributed by atoms with van der Waals surface area (Å²) < 4.78 is 0. The molecule has 8 nitrogen and oxygen atoms in total. The molecule has 0 aliphatic carbocycles. The predicted molar refractivity (Wildman–Crippen MR) is 84.3 cm³/mol. The zero-order chi connectivity index (χ0) is 16.3. The van der Waals surface area contributed by atoms with Gasteiger partial charge in [-0.1, -0.05) is 12.1 Å². The van der Waals surface area contributed by atoms with Gasteiger partial charge >= 0.3 is 0 Å². The van der Waals surface area contributed by atoms with Crippen LogP contribution in [0.3, 0.4) is 0 Å². The van der Waals surface area contributed by atoms with E-state index in [1.54, 1.807) is 38.4 Å². The third kappa shape index (κ3) is 2.80. The highest BCUT2D eigenvalue weighted by Crippen LogP contribution is 2.34. The van der Waals surface area contributed by atoms with Crippen LogP contribution < -0.4 is 10.6 Å². The van der Waals surface area contributed by atoms with Gasteiger partial charge < -0.3 is 10.6 Å². The van der Waals surface area contributed by atoms with Gasteiger partial charge in [-0.2, -0.15) is 0 Å². The molecule has 0 spiro atoms. The zero-order valence-electron chi connectivity index (χ0n) is 12.0. The lowest BCUT2D eigenvalue weighted by Gasteiger charge is -2.07. The molecule has 0 aromatic heterocycles. The van der Waals surface area contributed by atoms with Crippen molar-refractivity contribution >= 4 is 22.7 Å². The summed E-state index contributed by atoms with van der Waals surface area (Å²) >= 11 is 0. The summed E-state index contributed by atoms with van der Waals surface area (Å²) in [4.78, 5) is 21.2. The molecule has 0 bridgehead atoms. The van der Waals surface area contributed by atoms with Crippen molar-refractivity contribution in [3.05, 3.63) is 56.6 Å². The fraction of sp³-hybridized carbons (Fsp3) is 0.143. The normalized spacial score (nSPS) is 10.1.